The first-order valence-electron chi connectivity index (χ1n) is 19.1. The van der Waals surface area contributed by atoms with E-state index in [0.29, 0.717) is 17.5 Å². The Morgan fingerprint density at radius 2 is 0.772 bits per heavy atom. The second-order valence-electron chi connectivity index (χ2n) is 14.4. The topological polar surface area (TPSA) is 61.7 Å². The van der Waals surface area contributed by atoms with Gasteiger partial charge in [0.15, 0.2) is 17.5 Å². The summed E-state index contributed by atoms with van der Waals surface area (Å²) >= 11 is 0. The predicted octanol–water partition coefficient (Wildman–Crippen LogP) is 13.0. The number of benzene rings is 8. The number of nitrogens with zero attached hydrogens (tertiary/aromatic N) is 5. The minimum Gasteiger partial charge on any atom is -0.456 e. The van der Waals surface area contributed by atoms with Crippen LogP contribution in [0.2, 0.25) is 0 Å². The minimum atomic E-state index is 0.593. The lowest BCUT2D eigenvalue weighted by atomic mass is 10.1. The quantitative estimate of drug-likeness (QED) is 0.177. The Morgan fingerprint density at radius 3 is 1.35 bits per heavy atom. The average Bonchev–Trinajstić information content (AvgIpc) is 3.94. The van der Waals surface area contributed by atoms with Crippen molar-refractivity contribution in [3.63, 3.8) is 0 Å². The maximum absolute atomic E-state index is 6.70. The Kier molecular flexibility index (Phi) is 6.83. The van der Waals surface area contributed by atoms with Crippen LogP contribution in [0.25, 0.3) is 111 Å². The van der Waals surface area contributed by atoms with Crippen LogP contribution < -0.4 is 0 Å². The monoisotopic (exact) mass is 729 g/mol. The molecule has 0 saturated carbocycles. The molecule has 0 atom stereocenters. The Balaban J connectivity index is 1.03. The number of aromatic nitrogens is 5. The lowest BCUT2D eigenvalue weighted by Crippen LogP contribution is -2.00. The average molecular weight is 730 g/mol. The number of hydrogen-bond acceptors (Lipinski definition) is 4. The number of para-hydroxylation sites is 3. The fourth-order valence-electron chi connectivity index (χ4n) is 8.63. The molecule has 0 radical (unpaired) electrons. The SMILES string of the molecule is c1ccc(-c2nc(-c3ccccc3)nc(-c3ccc4c(c3)oc3cc(-n5c6ccccc6c6c7c8ccccc8n(-c8ccccc8)c7ccc65)ccc34)n2)cc1. The van der Waals surface area contributed by atoms with E-state index in [4.69, 9.17) is 19.4 Å². The highest BCUT2D eigenvalue weighted by Gasteiger charge is 2.21. The van der Waals surface area contributed by atoms with Gasteiger partial charge in [-0.25, -0.2) is 15.0 Å². The minimum absolute atomic E-state index is 0.593. The van der Waals surface area contributed by atoms with Crippen LogP contribution in [-0.2, 0) is 0 Å². The van der Waals surface area contributed by atoms with Gasteiger partial charge in [0.1, 0.15) is 11.2 Å². The normalized spacial score (nSPS) is 11.9. The van der Waals surface area contributed by atoms with Crippen LogP contribution in [0.1, 0.15) is 0 Å². The number of furan rings is 1. The molecule has 0 aliphatic carbocycles. The number of fused-ring (bicyclic) bond motifs is 10. The molecule has 0 aliphatic rings. The summed E-state index contributed by atoms with van der Waals surface area (Å²) in [5.41, 5.74) is 11.2. The molecular weight excluding hydrogens is 699 g/mol. The maximum Gasteiger partial charge on any atom is 0.164 e. The molecule has 6 heteroatoms. The zero-order valence-electron chi connectivity index (χ0n) is 30.5. The van der Waals surface area contributed by atoms with Crippen LogP contribution in [0, 0.1) is 0 Å². The van der Waals surface area contributed by atoms with Gasteiger partial charge in [0.2, 0.25) is 0 Å². The summed E-state index contributed by atoms with van der Waals surface area (Å²) in [5.74, 6) is 1.85. The van der Waals surface area contributed by atoms with Gasteiger partial charge in [-0.3, -0.25) is 0 Å². The molecule has 6 nitrogen and oxygen atoms in total. The van der Waals surface area contributed by atoms with Gasteiger partial charge in [0.05, 0.1) is 22.1 Å². The Morgan fingerprint density at radius 1 is 0.316 bits per heavy atom. The van der Waals surface area contributed by atoms with E-state index in [-0.39, 0.29) is 0 Å². The van der Waals surface area contributed by atoms with Crippen LogP contribution in [0.15, 0.2) is 192 Å². The Labute approximate surface area is 326 Å². The zero-order valence-corrected chi connectivity index (χ0v) is 30.5. The third-order valence-corrected chi connectivity index (χ3v) is 11.2. The molecule has 0 N–H and O–H groups in total. The summed E-state index contributed by atoms with van der Waals surface area (Å²) in [4.78, 5) is 14.8. The largest absolute Gasteiger partial charge is 0.456 e. The molecule has 0 unspecified atom stereocenters. The first-order chi connectivity index (χ1) is 28.3. The summed E-state index contributed by atoms with van der Waals surface area (Å²) in [6.07, 6.45) is 0. The lowest BCUT2D eigenvalue weighted by Gasteiger charge is -2.09. The van der Waals surface area contributed by atoms with Gasteiger partial charge >= 0.3 is 0 Å². The molecule has 0 spiro atoms. The summed E-state index contributed by atoms with van der Waals surface area (Å²) in [6.45, 7) is 0. The number of hydrogen-bond donors (Lipinski definition) is 0. The highest BCUT2D eigenvalue weighted by Crippen LogP contribution is 2.43. The van der Waals surface area contributed by atoms with Gasteiger partial charge in [-0.15, -0.1) is 0 Å². The van der Waals surface area contributed by atoms with Crippen molar-refractivity contribution in [2.45, 2.75) is 0 Å². The summed E-state index contributed by atoms with van der Waals surface area (Å²) in [7, 11) is 0. The molecule has 12 aromatic rings. The predicted molar refractivity (Wildman–Crippen MR) is 232 cm³/mol. The molecule has 0 aliphatic heterocycles. The third kappa shape index (κ3) is 4.87. The Bertz CT molecular complexity index is 3450. The molecule has 0 bridgehead atoms. The molecule has 266 valence electrons. The highest BCUT2D eigenvalue weighted by molar-refractivity contribution is 6.29. The van der Waals surface area contributed by atoms with Crippen molar-refractivity contribution in [3.8, 4) is 45.5 Å². The van der Waals surface area contributed by atoms with Crippen LogP contribution >= 0.6 is 0 Å². The first-order valence-corrected chi connectivity index (χ1v) is 19.1. The molecule has 4 aromatic heterocycles. The molecule has 12 rings (SSSR count). The van der Waals surface area contributed by atoms with Gasteiger partial charge in [-0.1, -0.05) is 121 Å². The molecule has 0 saturated heterocycles. The summed E-state index contributed by atoms with van der Waals surface area (Å²) < 4.78 is 11.5. The molecular formula is C51H31N5O. The van der Waals surface area contributed by atoms with Gasteiger partial charge in [0.25, 0.3) is 0 Å². The van der Waals surface area contributed by atoms with Crippen LogP contribution in [0.5, 0.6) is 0 Å². The summed E-state index contributed by atoms with van der Waals surface area (Å²) in [5, 5.41) is 7.04. The van der Waals surface area contributed by atoms with E-state index in [1.165, 1.54) is 32.6 Å². The van der Waals surface area contributed by atoms with Gasteiger partial charge in [0, 0.05) is 66.4 Å². The van der Waals surface area contributed by atoms with Crippen molar-refractivity contribution >= 4 is 65.6 Å². The van der Waals surface area contributed by atoms with Crippen molar-refractivity contribution in [1.82, 2.24) is 24.1 Å². The second kappa shape index (κ2) is 12.3. The van der Waals surface area contributed by atoms with Gasteiger partial charge < -0.3 is 13.6 Å². The first kappa shape index (κ1) is 31.5. The molecule has 57 heavy (non-hydrogen) atoms. The third-order valence-electron chi connectivity index (χ3n) is 11.2. The standard InChI is InChI=1S/C51H31N5O/c1-4-14-32(15-5-1)49-52-50(33-16-6-2-7-17-33)54-51(53-49)34-24-26-37-38-27-25-36(31-46(38)57-45(37)30-34)56-42-23-13-11-21-40(42)48-44(56)29-28-43-47(48)39-20-10-12-22-41(39)55(43)35-18-8-3-9-19-35/h1-31H. The van der Waals surface area contributed by atoms with Crippen LogP contribution in [0.3, 0.4) is 0 Å². The molecule has 0 amide bonds. The van der Waals surface area contributed by atoms with Gasteiger partial charge in [-0.05, 0) is 60.7 Å². The van der Waals surface area contributed by atoms with Crippen molar-refractivity contribution in [1.29, 1.82) is 0 Å². The highest BCUT2D eigenvalue weighted by atomic mass is 16.3. The van der Waals surface area contributed by atoms with E-state index in [9.17, 15) is 0 Å². The molecule has 4 heterocycles. The van der Waals surface area contributed by atoms with E-state index in [1.54, 1.807) is 0 Å². The fraction of sp³-hybridized carbons (Fsp3) is 0. The molecule has 0 fully saturated rings. The van der Waals surface area contributed by atoms with Crippen molar-refractivity contribution in [2.75, 3.05) is 0 Å². The smallest absolute Gasteiger partial charge is 0.164 e. The van der Waals surface area contributed by atoms with Crippen LogP contribution in [0.4, 0.5) is 0 Å². The van der Waals surface area contributed by atoms with E-state index >= 15 is 0 Å². The van der Waals surface area contributed by atoms with E-state index in [0.717, 1.165) is 61.0 Å². The summed E-state index contributed by atoms with van der Waals surface area (Å²) in [6, 6.07) is 65.5. The zero-order chi connectivity index (χ0) is 37.5. The molecule has 8 aromatic carbocycles. The van der Waals surface area contributed by atoms with Crippen molar-refractivity contribution in [3.05, 3.63) is 188 Å². The van der Waals surface area contributed by atoms with E-state index in [2.05, 4.69) is 130 Å². The number of rotatable bonds is 5. The second-order valence-corrected chi connectivity index (χ2v) is 14.4. The lowest BCUT2D eigenvalue weighted by molar-refractivity contribution is 0.668. The fourth-order valence-corrected chi connectivity index (χ4v) is 8.63. The van der Waals surface area contributed by atoms with E-state index < -0.39 is 0 Å². The Hall–Kier alpha value is -7.83. The van der Waals surface area contributed by atoms with Gasteiger partial charge in [-0.2, -0.15) is 0 Å². The maximum atomic E-state index is 6.70. The van der Waals surface area contributed by atoms with Crippen molar-refractivity contribution < 1.29 is 4.42 Å². The van der Waals surface area contributed by atoms with E-state index in [1.807, 2.05) is 66.7 Å². The van der Waals surface area contributed by atoms with Crippen molar-refractivity contribution in [2.24, 2.45) is 0 Å². The van der Waals surface area contributed by atoms with Crippen LogP contribution in [-0.4, -0.2) is 24.1 Å².